The van der Waals surface area contributed by atoms with Crippen molar-refractivity contribution in [2.45, 2.75) is 52.1 Å². The van der Waals surface area contributed by atoms with Crippen LogP contribution >= 0.6 is 24.0 Å². The molecular weight excluding hydrogens is 503 g/mol. The van der Waals surface area contributed by atoms with E-state index in [0.29, 0.717) is 24.5 Å². The Kier molecular flexibility index (Phi) is 9.80. The van der Waals surface area contributed by atoms with Gasteiger partial charge in [0.05, 0.1) is 24.5 Å². The van der Waals surface area contributed by atoms with Gasteiger partial charge in [0.15, 0.2) is 5.96 Å². The summed E-state index contributed by atoms with van der Waals surface area (Å²) in [5.41, 5.74) is 3.08. The summed E-state index contributed by atoms with van der Waals surface area (Å²) < 4.78 is 1.89. The minimum absolute atomic E-state index is 0. The second-order valence-electron chi connectivity index (χ2n) is 8.35. The number of aryl methyl sites for hydroxylation is 1. The largest absolute Gasteiger partial charge is 0.353 e. The van der Waals surface area contributed by atoms with Gasteiger partial charge in [0, 0.05) is 26.3 Å². The van der Waals surface area contributed by atoms with Crippen LogP contribution in [0.5, 0.6) is 0 Å². The molecule has 3 rings (SSSR count). The maximum absolute atomic E-state index is 12.1. The van der Waals surface area contributed by atoms with E-state index in [2.05, 4.69) is 34.8 Å². The number of carbonyl (C=O) groups is 1. The first-order valence-electron chi connectivity index (χ1n) is 10.8. The van der Waals surface area contributed by atoms with E-state index < -0.39 is 0 Å². The summed E-state index contributed by atoms with van der Waals surface area (Å²) in [6.45, 7) is 4.99. The highest BCUT2D eigenvalue weighted by Gasteiger charge is 2.22. The minimum Gasteiger partial charge on any atom is -0.353 e. The maximum atomic E-state index is 12.1. The average Bonchev–Trinajstić information content (AvgIpc) is 3.17. The maximum Gasteiger partial charge on any atom is 0.241 e. The quantitative estimate of drug-likeness (QED) is 0.336. The molecule has 8 heteroatoms. The van der Waals surface area contributed by atoms with Crippen LogP contribution in [0.1, 0.15) is 43.9 Å². The fourth-order valence-electron chi connectivity index (χ4n) is 3.76. The van der Waals surface area contributed by atoms with Crippen molar-refractivity contribution in [3.05, 3.63) is 47.8 Å². The van der Waals surface area contributed by atoms with Crippen molar-refractivity contribution >= 4 is 35.8 Å². The lowest BCUT2D eigenvalue weighted by atomic mass is 9.86. The van der Waals surface area contributed by atoms with Crippen molar-refractivity contribution in [2.75, 3.05) is 20.6 Å². The standard InChI is InChI=1S/C23H34N6O.HI/c1-17-9-5-7-11-20(17)26-23(25-16-22(30)28(3)4)24-15-19-10-6-8-12-21(19)29-14-13-18(2)27-29;/h6,8,10,12-14,17,20H,5,7,9,11,15-16H2,1-4H3,(H2,24,25,26);1H. The molecule has 0 radical (unpaired) electrons. The fourth-order valence-corrected chi connectivity index (χ4v) is 3.76. The molecule has 1 aromatic carbocycles. The smallest absolute Gasteiger partial charge is 0.241 e. The Morgan fingerprint density at radius 3 is 2.65 bits per heavy atom. The van der Waals surface area contributed by atoms with E-state index in [1.807, 2.05) is 36.0 Å². The second-order valence-corrected chi connectivity index (χ2v) is 8.35. The molecule has 1 amide bonds. The molecule has 1 saturated carbocycles. The second kappa shape index (κ2) is 12.1. The normalized spacial score (nSPS) is 18.8. The van der Waals surface area contributed by atoms with Crippen LogP contribution in [0.25, 0.3) is 5.69 Å². The van der Waals surface area contributed by atoms with Gasteiger partial charge in [-0.25, -0.2) is 9.67 Å². The molecule has 1 aliphatic rings. The number of rotatable bonds is 6. The number of nitrogens with zero attached hydrogens (tertiary/aromatic N) is 4. The molecule has 0 spiro atoms. The number of hydrogen-bond acceptors (Lipinski definition) is 3. The molecular formula is C23H35IN6O. The van der Waals surface area contributed by atoms with Crippen molar-refractivity contribution in [3.63, 3.8) is 0 Å². The number of para-hydroxylation sites is 1. The summed E-state index contributed by atoms with van der Waals surface area (Å²) in [6, 6.07) is 10.5. The highest BCUT2D eigenvalue weighted by molar-refractivity contribution is 14.0. The third-order valence-corrected chi connectivity index (χ3v) is 5.71. The van der Waals surface area contributed by atoms with Crippen LogP contribution in [0.15, 0.2) is 41.5 Å². The highest BCUT2D eigenvalue weighted by atomic mass is 127. The molecule has 1 aliphatic carbocycles. The number of amides is 1. The van der Waals surface area contributed by atoms with E-state index in [1.165, 1.54) is 19.3 Å². The number of hydrogen-bond donors (Lipinski definition) is 2. The SMILES string of the molecule is Cc1ccn(-c2ccccc2CN=C(NCC(=O)N(C)C)NC2CCCCC2C)n1.I. The summed E-state index contributed by atoms with van der Waals surface area (Å²) in [6.07, 6.45) is 6.84. The van der Waals surface area contributed by atoms with Gasteiger partial charge < -0.3 is 15.5 Å². The van der Waals surface area contributed by atoms with E-state index in [0.717, 1.165) is 23.4 Å². The molecule has 7 nitrogen and oxygen atoms in total. The van der Waals surface area contributed by atoms with Crippen LogP contribution in [0.2, 0.25) is 0 Å². The molecule has 0 saturated heterocycles. The van der Waals surface area contributed by atoms with Gasteiger partial charge in [-0.1, -0.05) is 38.0 Å². The van der Waals surface area contributed by atoms with Crippen LogP contribution in [0.3, 0.4) is 0 Å². The lowest BCUT2D eigenvalue weighted by molar-refractivity contribution is -0.127. The molecule has 31 heavy (non-hydrogen) atoms. The molecule has 0 aliphatic heterocycles. The van der Waals surface area contributed by atoms with Crippen LogP contribution in [0.4, 0.5) is 0 Å². The van der Waals surface area contributed by atoms with Crippen molar-refractivity contribution in [2.24, 2.45) is 10.9 Å². The molecule has 0 bridgehead atoms. The lowest BCUT2D eigenvalue weighted by Crippen LogP contribution is -2.49. The van der Waals surface area contributed by atoms with E-state index in [-0.39, 0.29) is 36.4 Å². The zero-order chi connectivity index (χ0) is 21.5. The van der Waals surface area contributed by atoms with Gasteiger partial charge in [0.25, 0.3) is 0 Å². The van der Waals surface area contributed by atoms with E-state index in [4.69, 9.17) is 4.99 Å². The predicted molar refractivity (Wildman–Crippen MR) is 136 cm³/mol. The molecule has 2 N–H and O–H groups in total. The topological polar surface area (TPSA) is 74.6 Å². The summed E-state index contributed by atoms with van der Waals surface area (Å²) in [5.74, 6) is 1.30. The van der Waals surface area contributed by atoms with Gasteiger partial charge in [0.2, 0.25) is 5.91 Å². The number of aromatic nitrogens is 2. The molecule has 170 valence electrons. The zero-order valence-corrected chi connectivity index (χ0v) is 21.3. The summed E-state index contributed by atoms with van der Waals surface area (Å²) in [7, 11) is 3.53. The Morgan fingerprint density at radius 1 is 1.23 bits per heavy atom. The molecule has 1 fully saturated rings. The predicted octanol–water partition coefficient (Wildman–Crippen LogP) is 3.50. The molecule has 1 aromatic heterocycles. The van der Waals surface area contributed by atoms with E-state index in [9.17, 15) is 4.79 Å². The Balaban J connectivity index is 0.00000341. The van der Waals surface area contributed by atoms with Crippen molar-refractivity contribution < 1.29 is 4.79 Å². The minimum atomic E-state index is 0. The number of guanidine groups is 1. The Bertz CT molecular complexity index is 878. The monoisotopic (exact) mass is 538 g/mol. The van der Waals surface area contributed by atoms with Crippen LogP contribution in [-0.2, 0) is 11.3 Å². The summed E-state index contributed by atoms with van der Waals surface area (Å²) in [5, 5.41) is 11.3. The van der Waals surface area contributed by atoms with E-state index >= 15 is 0 Å². The number of likely N-dealkylation sites (N-methyl/N-ethyl adjacent to an activating group) is 1. The number of aliphatic imine (C=N–C) groups is 1. The van der Waals surface area contributed by atoms with Gasteiger partial charge in [0.1, 0.15) is 0 Å². The number of nitrogens with one attached hydrogen (secondary N) is 2. The first-order chi connectivity index (χ1) is 14.4. The highest BCUT2D eigenvalue weighted by Crippen LogP contribution is 2.23. The first-order valence-corrected chi connectivity index (χ1v) is 10.8. The van der Waals surface area contributed by atoms with Crippen molar-refractivity contribution in [1.29, 1.82) is 0 Å². The summed E-state index contributed by atoms with van der Waals surface area (Å²) in [4.78, 5) is 18.5. The first kappa shape index (κ1) is 25.2. The van der Waals surface area contributed by atoms with Crippen LogP contribution < -0.4 is 10.6 Å². The lowest BCUT2D eigenvalue weighted by Gasteiger charge is -2.31. The van der Waals surface area contributed by atoms with Gasteiger partial charge in [-0.15, -0.1) is 24.0 Å². The van der Waals surface area contributed by atoms with E-state index in [1.54, 1.807) is 19.0 Å². The molecule has 2 aromatic rings. The average molecular weight is 538 g/mol. The Hall–Kier alpha value is -2.10. The Morgan fingerprint density at radius 2 is 1.97 bits per heavy atom. The van der Waals surface area contributed by atoms with Gasteiger partial charge in [-0.05, 0) is 43.4 Å². The number of halogens is 1. The van der Waals surface area contributed by atoms with Gasteiger partial charge in [-0.2, -0.15) is 5.10 Å². The number of carbonyl (C=O) groups excluding carboxylic acids is 1. The zero-order valence-electron chi connectivity index (χ0n) is 19.0. The van der Waals surface area contributed by atoms with Crippen LogP contribution in [0, 0.1) is 12.8 Å². The molecule has 2 atom stereocenters. The third-order valence-electron chi connectivity index (χ3n) is 5.71. The van der Waals surface area contributed by atoms with Crippen molar-refractivity contribution in [3.8, 4) is 5.69 Å². The van der Waals surface area contributed by atoms with Crippen molar-refractivity contribution in [1.82, 2.24) is 25.3 Å². The molecule has 2 unspecified atom stereocenters. The Labute approximate surface area is 202 Å². The van der Waals surface area contributed by atoms with Crippen LogP contribution in [-0.4, -0.2) is 53.2 Å². The molecule has 1 heterocycles. The number of benzene rings is 1. The van der Waals surface area contributed by atoms with Gasteiger partial charge in [-0.3, -0.25) is 4.79 Å². The fraction of sp³-hybridized carbons (Fsp3) is 0.522. The van der Waals surface area contributed by atoms with Gasteiger partial charge >= 0.3 is 0 Å². The third kappa shape index (κ3) is 7.22. The summed E-state index contributed by atoms with van der Waals surface area (Å²) >= 11 is 0.